The van der Waals surface area contributed by atoms with E-state index >= 15 is 0 Å². The van der Waals surface area contributed by atoms with Crippen molar-refractivity contribution in [3.05, 3.63) is 96.1 Å². The molecule has 4 rings (SSSR count). The molecular weight excluding hydrogens is 322 g/mol. The van der Waals surface area contributed by atoms with Crippen LogP contribution in [0.1, 0.15) is 22.8 Å². The predicted octanol–water partition coefficient (Wildman–Crippen LogP) is 5.57. The summed E-state index contributed by atoms with van der Waals surface area (Å²) in [6.45, 7) is 1.83. The number of fused-ring (bicyclic) bond motifs is 2. The fourth-order valence-corrected chi connectivity index (χ4v) is 3.03. The minimum absolute atomic E-state index is 0.457. The van der Waals surface area contributed by atoms with Gasteiger partial charge in [0.25, 0.3) is 0 Å². The lowest BCUT2D eigenvalue weighted by molar-refractivity contribution is 0.0519. The minimum Gasteiger partial charge on any atom is -0.313 e. The van der Waals surface area contributed by atoms with Crippen LogP contribution in [0.15, 0.2) is 90.1 Å². The van der Waals surface area contributed by atoms with Crippen LogP contribution in [0, 0.1) is 0 Å². The van der Waals surface area contributed by atoms with E-state index in [-0.39, 0.29) is 0 Å². The molecule has 3 heteroatoms. The highest BCUT2D eigenvalue weighted by molar-refractivity contribution is 6.05. The van der Waals surface area contributed by atoms with Crippen molar-refractivity contribution in [3.8, 4) is 0 Å². The van der Waals surface area contributed by atoms with Gasteiger partial charge in [0, 0.05) is 0 Å². The van der Waals surface area contributed by atoms with E-state index in [4.69, 9.17) is 4.84 Å². The van der Waals surface area contributed by atoms with E-state index < -0.39 is 5.97 Å². The summed E-state index contributed by atoms with van der Waals surface area (Å²) in [5.41, 5.74) is 2.09. The molecule has 0 aliphatic rings. The number of hydrogen-bond donors (Lipinski definition) is 0. The molecule has 0 fully saturated rings. The van der Waals surface area contributed by atoms with Crippen molar-refractivity contribution in [1.29, 1.82) is 0 Å². The van der Waals surface area contributed by atoms with Crippen LogP contribution in [-0.4, -0.2) is 11.7 Å². The molecule has 4 aromatic rings. The van der Waals surface area contributed by atoms with Gasteiger partial charge in [0.1, 0.15) is 0 Å². The molecule has 0 radical (unpaired) electrons. The Kier molecular flexibility index (Phi) is 4.20. The van der Waals surface area contributed by atoms with Gasteiger partial charge in [-0.15, -0.1) is 0 Å². The number of rotatable bonds is 3. The first kappa shape index (κ1) is 16.0. The van der Waals surface area contributed by atoms with Gasteiger partial charge in [0.05, 0.1) is 11.3 Å². The lowest BCUT2D eigenvalue weighted by Gasteiger charge is -2.05. The Morgan fingerprint density at radius 3 is 2.31 bits per heavy atom. The molecule has 0 bridgehead atoms. The third-order valence-electron chi connectivity index (χ3n) is 4.44. The third-order valence-corrected chi connectivity index (χ3v) is 4.44. The fourth-order valence-electron chi connectivity index (χ4n) is 3.03. The molecule has 0 atom stereocenters. The molecule has 0 aliphatic carbocycles. The topological polar surface area (TPSA) is 38.7 Å². The molecule has 26 heavy (non-hydrogen) atoms. The molecule has 0 aliphatic heterocycles. The zero-order valence-electron chi connectivity index (χ0n) is 14.3. The number of carbonyl (C=O) groups excluding carboxylic acids is 1. The maximum Gasteiger partial charge on any atom is 0.366 e. The molecular formula is C23H17NO2. The first-order valence-corrected chi connectivity index (χ1v) is 8.45. The van der Waals surface area contributed by atoms with Gasteiger partial charge < -0.3 is 4.84 Å². The maximum atomic E-state index is 12.5. The van der Waals surface area contributed by atoms with Gasteiger partial charge in [-0.05, 0) is 46.2 Å². The summed E-state index contributed by atoms with van der Waals surface area (Å²) in [6, 6.07) is 27.5. The van der Waals surface area contributed by atoms with Gasteiger partial charge in [-0.1, -0.05) is 78.0 Å². The molecule has 0 amide bonds. The smallest absolute Gasteiger partial charge is 0.313 e. The SMILES string of the molecule is CC(=NOC(=O)c1cccc2ccccc12)c1ccc2ccccc2c1. The Morgan fingerprint density at radius 2 is 1.46 bits per heavy atom. The van der Waals surface area contributed by atoms with Crippen LogP contribution in [0.5, 0.6) is 0 Å². The van der Waals surface area contributed by atoms with Crippen molar-refractivity contribution in [3.63, 3.8) is 0 Å². The monoisotopic (exact) mass is 339 g/mol. The zero-order chi connectivity index (χ0) is 17.9. The highest BCUT2D eigenvalue weighted by Crippen LogP contribution is 2.20. The normalized spacial score (nSPS) is 11.7. The second kappa shape index (κ2) is 6.81. The summed E-state index contributed by atoms with van der Waals surface area (Å²) in [5.74, 6) is -0.457. The molecule has 4 aromatic carbocycles. The van der Waals surface area contributed by atoms with Crippen molar-refractivity contribution in [2.45, 2.75) is 6.92 Å². The molecule has 0 N–H and O–H groups in total. The van der Waals surface area contributed by atoms with Gasteiger partial charge >= 0.3 is 5.97 Å². The van der Waals surface area contributed by atoms with Crippen LogP contribution >= 0.6 is 0 Å². The van der Waals surface area contributed by atoms with Crippen molar-refractivity contribution >= 4 is 33.2 Å². The van der Waals surface area contributed by atoms with E-state index in [0.717, 1.165) is 27.1 Å². The summed E-state index contributed by atoms with van der Waals surface area (Å²) in [6.07, 6.45) is 0. The van der Waals surface area contributed by atoms with E-state index in [1.165, 1.54) is 0 Å². The molecule has 3 nitrogen and oxygen atoms in total. The van der Waals surface area contributed by atoms with E-state index in [2.05, 4.69) is 11.2 Å². The average Bonchev–Trinajstić information content (AvgIpc) is 2.71. The molecule has 0 saturated carbocycles. The van der Waals surface area contributed by atoms with E-state index in [1.807, 2.05) is 79.7 Å². The number of benzene rings is 4. The standard InChI is InChI=1S/C23H17NO2/c1-16(19-14-13-17-7-2-3-9-20(17)15-19)24-26-23(25)22-12-6-10-18-8-4-5-11-21(18)22/h2-15H,1H3. The summed E-state index contributed by atoms with van der Waals surface area (Å²) in [5, 5.41) is 8.20. The summed E-state index contributed by atoms with van der Waals surface area (Å²) in [4.78, 5) is 17.7. The molecule has 0 heterocycles. The van der Waals surface area contributed by atoms with Crippen LogP contribution in [0.2, 0.25) is 0 Å². The zero-order valence-corrected chi connectivity index (χ0v) is 14.3. The van der Waals surface area contributed by atoms with Crippen molar-refractivity contribution in [2.24, 2.45) is 5.16 Å². The summed E-state index contributed by atoms with van der Waals surface area (Å²) < 4.78 is 0. The van der Waals surface area contributed by atoms with E-state index in [9.17, 15) is 4.79 Å². The number of carbonyl (C=O) groups is 1. The second-order valence-corrected chi connectivity index (χ2v) is 6.14. The van der Waals surface area contributed by atoms with Crippen LogP contribution in [0.3, 0.4) is 0 Å². The lowest BCUT2D eigenvalue weighted by Crippen LogP contribution is -2.04. The number of nitrogens with zero attached hydrogens (tertiary/aromatic N) is 1. The Bertz CT molecular complexity index is 1140. The highest BCUT2D eigenvalue weighted by Gasteiger charge is 2.11. The van der Waals surface area contributed by atoms with Crippen molar-refractivity contribution in [1.82, 2.24) is 0 Å². The molecule has 0 saturated heterocycles. The van der Waals surface area contributed by atoms with Gasteiger partial charge in [-0.3, -0.25) is 0 Å². The van der Waals surface area contributed by atoms with Crippen molar-refractivity contribution in [2.75, 3.05) is 0 Å². The molecule has 0 aromatic heterocycles. The Hall–Kier alpha value is -3.46. The van der Waals surface area contributed by atoms with Gasteiger partial charge in [-0.2, -0.15) is 0 Å². The van der Waals surface area contributed by atoms with Gasteiger partial charge in [-0.25, -0.2) is 4.79 Å². The predicted molar refractivity (Wildman–Crippen MR) is 106 cm³/mol. The fraction of sp³-hybridized carbons (Fsp3) is 0.0435. The van der Waals surface area contributed by atoms with Crippen LogP contribution in [-0.2, 0) is 4.84 Å². The highest BCUT2D eigenvalue weighted by atomic mass is 16.7. The quantitative estimate of drug-likeness (QED) is 0.278. The van der Waals surface area contributed by atoms with Gasteiger partial charge in [0.15, 0.2) is 0 Å². The van der Waals surface area contributed by atoms with Gasteiger partial charge in [0.2, 0.25) is 0 Å². The summed E-state index contributed by atoms with van der Waals surface area (Å²) in [7, 11) is 0. The maximum absolute atomic E-state index is 12.5. The van der Waals surface area contributed by atoms with Crippen LogP contribution < -0.4 is 0 Å². The third kappa shape index (κ3) is 3.07. The molecule has 126 valence electrons. The van der Waals surface area contributed by atoms with Crippen LogP contribution in [0.4, 0.5) is 0 Å². The Morgan fingerprint density at radius 1 is 0.769 bits per heavy atom. The van der Waals surface area contributed by atoms with Crippen LogP contribution in [0.25, 0.3) is 21.5 Å². The average molecular weight is 339 g/mol. The minimum atomic E-state index is -0.457. The largest absolute Gasteiger partial charge is 0.366 e. The van der Waals surface area contributed by atoms with Crippen molar-refractivity contribution < 1.29 is 9.63 Å². The first-order valence-electron chi connectivity index (χ1n) is 8.45. The first-order chi connectivity index (χ1) is 12.7. The van der Waals surface area contributed by atoms with E-state index in [1.54, 1.807) is 6.07 Å². The Balaban J connectivity index is 1.60. The van der Waals surface area contributed by atoms with E-state index in [0.29, 0.717) is 11.3 Å². The number of oxime groups is 1. The molecule has 0 unspecified atom stereocenters. The second-order valence-electron chi connectivity index (χ2n) is 6.14. The summed E-state index contributed by atoms with van der Waals surface area (Å²) >= 11 is 0. The lowest BCUT2D eigenvalue weighted by atomic mass is 10.0. The molecule has 0 spiro atoms. The Labute approximate surface area is 151 Å². The number of hydrogen-bond acceptors (Lipinski definition) is 3.